The Kier molecular flexibility index (Phi) is 2.66. The summed E-state index contributed by atoms with van der Waals surface area (Å²) >= 11 is 0. The van der Waals surface area contributed by atoms with Crippen molar-refractivity contribution in [2.24, 2.45) is 5.92 Å². The molecule has 0 amide bonds. The first-order chi connectivity index (χ1) is 6.79. The van der Waals surface area contributed by atoms with Crippen LogP contribution in [0.1, 0.15) is 44.2 Å². The van der Waals surface area contributed by atoms with Crippen molar-refractivity contribution in [3.8, 4) is 0 Å². The Morgan fingerprint density at radius 3 is 3.07 bits per heavy atom. The number of aromatic nitrogens is 2. The van der Waals surface area contributed by atoms with Crippen LogP contribution in [0.15, 0.2) is 12.5 Å². The minimum atomic E-state index is 0.212. The molecule has 2 atom stereocenters. The maximum Gasteiger partial charge on any atom is 0.136 e. The Morgan fingerprint density at radius 1 is 1.57 bits per heavy atom. The van der Waals surface area contributed by atoms with Gasteiger partial charge in [0, 0.05) is 30.1 Å². The molecule has 2 rings (SSSR count). The van der Waals surface area contributed by atoms with Crippen molar-refractivity contribution in [1.29, 1.82) is 0 Å². The van der Waals surface area contributed by atoms with E-state index in [9.17, 15) is 4.79 Å². The second-order valence-electron chi connectivity index (χ2n) is 4.11. The monoisotopic (exact) mass is 192 g/mol. The van der Waals surface area contributed by atoms with Crippen molar-refractivity contribution in [2.75, 3.05) is 0 Å². The normalized spacial score (nSPS) is 24.9. The fourth-order valence-corrected chi connectivity index (χ4v) is 2.27. The third-order valence-corrected chi connectivity index (χ3v) is 3.22. The lowest BCUT2D eigenvalue weighted by molar-refractivity contribution is -0.125. The van der Waals surface area contributed by atoms with Gasteiger partial charge in [-0.2, -0.15) is 0 Å². The molecule has 1 fully saturated rings. The van der Waals surface area contributed by atoms with E-state index < -0.39 is 0 Å². The molecular formula is C11H16N2O. The number of H-pyrrole nitrogens is 1. The highest BCUT2D eigenvalue weighted by molar-refractivity contribution is 5.82. The zero-order chi connectivity index (χ0) is 9.97. The van der Waals surface area contributed by atoms with Gasteiger partial charge >= 0.3 is 0 Å². The van der Waals surface area contributed by atoms with Crippen LogP contribution in [0.2, 0.25) is 0 Å². The molecule has 1 aliphatic carbocycles. The van der Waals surface area contributed by atoms with Crippen molar-refractivity contribution >= 4 is 5.78 Å². The Morgan fingerprint density at radius 2 is 2.43 bits per heavy atom. The topological polar surface area (TPSA) is 45.8 Å². The van der Waals surface area contributed by atoms with E-state index in [2.05, 4.69) is 16.9 Å². The van der Waals surface area contributed by atoms with Gasteiger partial charge in [-0.25, -0.2) is 4.98 Å². The van der Waals surface area contributed by atoms with Crippen LogP contribution in [-0.4, -0.2) is 15.8 Å². The van der Waals surface area contributed by atoms with Crippen LogP contribution < -0.4 is 0 Å². The van der Waals surface area contributed by atoms with Gasteiger partial charge in [0.15, 0.2) is 0 Å². The fourth-order valence-electron chi connectivity index (χ4n) is 2.27. The molecule has 0 bridgehead atoms. The first-order valence-electron chi connectivity index (χ1n) is 5.30. The Hall–Kier alpha value is -1.12. The summed E-state index contributed by atoms with van der Waals surface area (Å²) in [6.45, 7) is 2.11. The summed E-state index contributed by atoms with van der Waals surface area (Å²) < 4.78 is 0. The molecule has 1 aromatic heterocycles. The largest absolute Gasteiger partial charge is 0.348 e. The number of carbonyl (C=O) groups is 1. The number of aromatic amines is 1. The lowest BCUT2D eigenvalue weighted by atomic mass is 9.79. The van der Waals surface area contributed by atoms with Gasteiger partial charge in [0.05, 0.1) is 6.33 Å². The van der Waals surface area contributed by atoms with E-state index in [-0.39, 0.29) is 5.92 Å². The fraction of sp³-hybridized carbons (Fsp3) is 0.636. The average molecular weight is 192 g/mol. The first-order valence-corrected chi connectivity index (χ1v) is 5.30. The maximum absolute atomic E-state index is 11.7. The summed E-state index contributed by atoms with van der Waals surface area (Å²) in [5.74, 6) is 0.938. The Balaban J connectivity index is 2.10. The molecule has 0 radical (unpaired) electrons. The number of rotatable bonds is 2. The van der Waals surface area contributed by atoms with Gasteiger partial charge in [-0.3, -0.25) is 4.79 Å². The van der Waals surface area contributed by atoms with E-state index in [1.807, 2.05) is 6.20 Å². The summed E-state index contributed by atoms with van der Waals surface area (Å²) in [5.41, 5.74) is 1.09. The predicted octanol–water partition coefficient (Wildman–Crippen LogP) is 2.27. The van der Waals surface area contributed by atoms with Crippen molar-refractivity contribution in [2.45, 2.75) is 38.5 Å². The van der Waals surface area contributed by atoms with E-state index in [4.69, 9.17) is 0 Å². The molecule has 3 heteroatoms. The van der Waals surface area contributed by atoms with Crippen LogP contribution in [-0.2, 0) is 4.79 Å². The molecular weight excluding hydrogens is 176 g/mol. The zero-order valence-electron chi connectivity index (χ0n) is 8.49. The number of imidazole rings is 1. The summed E-state index contributed by atoms with van der Waals surface area (Å²) in [4.78, 5) is 18.8. The minimum absolute atomic E-state index is 0.212. The van der Waals surface area contributed by atoms with Crippen LogP contribution in [0.25, 0.3) is 0 Å². The third kappa shape index (κ3) is 1.72. The summed E-state index contributed by atoms with van der Waals surface area (Å²) in [6.07, 6.45) is 7.58. The lowest BCUT2D eigenvalue weighted by Crippen LogP contribution is -2.24. The Bertz CT molecular complexity index is 305. The van der Waals surface area contributed by atoms with Crippen LogP contribution in [0.3, 0.4) is 0 Å². The standard InChI is InChI=1S/C11H16N2O/c1-8(10-6-12-7-13-10)9-4-2-3-5-11(9)14/h6-9H,2-5H2,1H3,(H,12,13). The van der Waals surface area contributed by atoms with Crippen LogP contribution >= 0.6 is 0 Å². The van der Waals surface area contributed by atoms with E-state index in [0.29, 0.717) is 11.7 Å². The number of carbonyl (C=O) groups excluding carboxylic acids is 1. The summed E-state index contributed by atoms with van der Waals surface area (Å²) in [6, 6.07) is 0. The second kappa shape index (κ2) is 3.95. The van der Waals surface area contributed by atoms with Gasteiger partial charge in [-0.15, -0.1) is 0 Å². The van der Waals surface area contributed by atoms with Gasteiger partial charge in [0.25, 0.3) is 0 Å². The van der Waals surface area contributed by atoms with Crippen molar-refractivity contribution in [3.05, 3.63) is 18.2 Å². The van der Waals surface area contributed by atoms with Gasteiger partial charge < -0.3 is 4.98 Å². The molecule has 1 aliphatic rings. The summed E-state index contributed by atoms with van der Waals surface area (Å²) in [5, 5.41) is 0. The molecule has 3 nitrogen and oxygen atoms in total. The third-order valence-electron chi connectivity index (χ3n) is 3.22. The number of nitrogens with zero attached hydrogens (tertiary/aromatic N) is 1. The maximum atomic E-state index is 11.7. The SMILES string of the molecule is CC(c1cnc[nH]1)C1CCCCC1=O. The molecule has 1 aromatic rings. The average Bonchev–Trinajstić information content (AvgIpc) is 2.70. The molecule has 0 saturated heterocycles. The van der Waals surface area contributed by atoms with Crippen LogP contribution in [0, 0.1) is 5.92 Å². The second-order valence-corrected chi connectivity index (χ2v) is 4.11. The number of hydrogen-bond acceptors (Lipinski definition) is 2. The quantitative estimate of drug-likeness (QED) is 0.781. The van der Waals surface area contributed by atoms with Crippen LogP contribution in [0.4, 0.5) is 0 Å². The molecule has 2 unspecified atom stereocenters. The predicted molar refractivity (Wildman–Crippen MR) is 54.0 cm³/mol. The molecule has 0 spiro atoms. The van der Waals surface area contributed by atoms with Crippen molar-refractivity contribution in [3.63, 3.8) is 0 Å². The van der Waals surface area contributed by atoms with E-state index in [1.54, 1.807) is 6.33 Å². The van der Waals surface area contributed by atoms with E-state index in [1.165, 1.54) is 6.42 Å². The molecule has 1 N–H and O–H groups in total. The smallest absolute Gasteiger partial charge is 0.136 e. The molecule has 0 aromatic carbocycles. The lowest BCUT2D eigenvalue weighted by Gasteiger charge is -2.25. The van der Waals surface area contributed by atoms with Gasteiger partial charge in [0.1, 0.15) is 5.78 Å². The number of hydrogen-bond donors (Lipinski definition) is 1. The van der Waals surface area contributed by atoms with Gasteiger partial charge in [-0.1, -0.05) is 13.3 Å². The van der Waals surface area contributed by atoms with Gasteiger partial charge in [0.2, 0.25) is 0 Å². The highest BCUT2D eigenvalue weighted by Gasteiger charge is 2.28. The van der Waals surface area contributed by atoms with Crippen molar-refractivity contribution in [1.82, 2.24) is 9.97 Å². The molecule has 76 valence electrons. The van der Waals surface area contributed by atoms with Crippen molar-refractivity contribution < 1.29 is 4.79 Å². The number of Topliss-reactive ketones (excluding diaryl/α,β-unsaturated/α-hetero) is 1. The van der Waals surface area contributed by atoms with E-state index >= 15 is 0 Å². The number of nitrogens with one attached hydrogen (secondary N) is 1. The highest BCUT2D eigenvalue weighted by Crippen LogP contribution is 2.32. The summed E-state index contributed by atoms with van der Waals surface area (Å²) in [7, 11) is 0. The highest BCUT2D eigenvalue weighted by atomic mass is 16.1. The molecule has 0 aliphatic heterocycles. The zero-order valence-corrected chi connectivity index (χ0v) is 8.49. The molecule has 1 heterocycles. The molecule has 1 saturated carbocycles. The van der Waals surface area contributed by atoms with E-state index in [0.717, 1.165) is 25.0 Å². The minimum Gasteiger partial charge on any atom is -0.348 e. The number of ketones is 1. The Labute approximate surface area is 83.9 Å². The van der Waals surface area contributed by atoms with Gasteiger partial charge in [-0.05, 0) is 12.8 Å². The first kappa shape index (κ1) is 9.44. The molecule has 14 heavy (non-hydrogen) atoms. The van der Waals surface area contributed by atoms with Crippen LogP contribution in [0.5, 0.6) is 0 Å².